The third-order valence-electron chi connectivity index (χ3n) is 4.04. The Morgan fingerprint density at radius 3 is 2.71 bits per heavy atom. The first-order chi connectivity index (χ1) is 9.77. The molecule has 0 aromatic rings. The molecule has 3 aliphatic heterocycles. The van der Waals surface area contributed by atoms with E-state index < -0.39 is 29.8 Å². The molecule has 0 aromatic carbocycles. The van der Waals surface area contributed by atoms with Gasteiger partial charge in [0.25, 0.3) is 0 Å². The maximum absolute atomic E-state index is 12.1. The van der Waals surface area contributed by atoms with Crippen LogP contribution in [0.15, 0.2) is 12.3 Å². The molecule has 0 unspecified atom stereocenters. The van der Waals surface area contributed by atoms with Crippen molar-refractivity contribution in [2.24, 2.45) is 0 Å². The number of carbonyl (C=O) groups is 2. The van der Waals surface area contributed by atoms with Crippen LogP contribution < -0.4 is 0 Å². The topological polar surface area (TPSA) is 85.3 Å². The van der Waals surface area contributed by atoms with E-state index in [-0.39, 0.29) is 24.7 Å². The molecule has 7 heteroatoms. The van der Waals surface area contributed by atoms with Gasteiger partial charge < -0.3 is 19.3 Å². The molecular formula is C14H19NO6. The van der Waals surface area contributed by atoms with Crippen molar-refractivity contribution in [3.8, 4) is 0 Å². The molecule has 1 amide bonds. The second-order valence-electron chi connectivity index (χ2n) is 6.19. The zero-order valence-electron chi connectivity index (χ0n) is 12.2. The van der Waals surface area contributed by atoms with E-state index in [0.29, 0.717) is 0 Å². The number of carbonyl (C=O) groups excluding carboxylic acids is 2. The van der Waals surface area contributed by atoms with Gasteiger partial charge in [0, 0.05) is 6.20 Å². The summed E-state index contributed by atoms with van der Waals surface area (Å²) < 4.78 is 17.5. The highest BCUT2D eigenvalue weighted by molar-refractivity contribution is 6.06. The lowest BCUT2D eigenvalue weighted by Gasteiger charge is -2.36. The van der Waals surface area contributed by atoms with Crippen LogP contribution in [0.1, 0.15) is 27.2 Å². The van der Waals surface area contributed by atoms with Gasteiger partial charge in [-0.25, -0.2) is 0 Å². The fourth-order valence-corrected chi connectivity index (χ4v) is 3.28. The lowest BCUT2D eigenvalue weighted by atomic mass is 9.95. The van der Waals surface area contributed by atoms with Crippen LogP contribution in [0.3, 0.4) is 0 Å². The Hall–Kier alpha value is -1.28. The molecule has 1 N–H and O–H groups in total. The zero-order chi connectivity index (χ0) is 15.4. The minimum atomic E-state index is -0.905. The van der Waals surface area contributed by atoms with Crippen molar-refractivity contribution >= 4 is 11.7 Å². The van der Waals surface area contributed by atoms with Gasteiger partial charge in [0.1, 0.15) is 17.8 Å². The number of allylic oxidation sites excluding steroid dienone is 1. The minimum Gasteiger partial charge on any atom is -0.394 e. The summed E-state index contributed by atoms with van der Waals surface area (Å²) in [5.74, 6) is -1.41. The van der Waals surface area contributed by atoms with Gasteiger partial charge in [-0.15, -0.1) is 0 Å². The Kier molecular flexibility index (Phi) is 3.21. The van der Waals surface area contributed by atoms with Crippen LogP contribution >= 0.6 is 0 Å². The van der Waals surface area contributed by atoms with Gasteiger partial charge in [-0.1, -0.05) is 0 Å². The third-order valence-corrected chi connectivity index (χ3v) is 4.04. The lowest BCUT2D eigenvalue weighted by molar-refractivity contribution is -0.223. The Bertz CT molecular complexity index is 516. The molecule has 7 nitrogen and oxygen atoms in total. The van der Waals surface area contributed by atoms with Gasteiger partial charge in [-0.05, 0) is 26.8 Å². The monoisotopic (exact) mass is 297 g/mol. The number of aliphatic hydroxyl groups excluding tert-OH is 1. The molecule has 3 aliphatic rings. The van der Waals surface area contributed by atoms with E-state index in [1.54, 1.807) is 20.8 Å². The fraction of sp³-hybridized carbons (Fsp3) is 0.714. The molecule has 0 saturated carbocycles. The third kappa shape index (κ3) is 2.20. The van der Waals surface area contributed by atoms with E-state index in [9.17, 15) is 14.7 Å². The zero-order valence-corrected chi connectivity index (χ0v) is 12.2. The highest BCUT2D eigenvalue weighted by atomic mass is 16.8. The normalized spacial score (nSPS) is 41.7. The predicted molar refractivity (Wildman–Crippen MR) is 69.8 cm³/mol. The van der Waals surface area contributed by atoms with Gasteiger partial charge >= 0.3 is 0 Å². The number of fused-ring (bicyclic) bond motifs is 1. The Morgan fingerprint density at radius 1 is 1.38 bits per heavy atom. The number of ketones is 1. The van der Waals surface area contributed by atoms with Gasteiger partial charge in [-0.2, -0.15) is 0 Å². The molecule has 0 bridgehead atoms. The van der Waals surface area contributed by atoms with Crippen molar-refractivity contribution in [2.45, 2.75) is 57.0 Å². The summed E-state index contributed by atoms with van der Waals surface area (Å²) >= 11 is 0. The van der Waals surface area contributed by atoms with Crippen LogP contribution in [0.5, 0.6) is 0 Å². The average Bonchev–Trinajstić information content (AvgIpc) is 2.76. The van der Waals surface area contributed by atoms with Crippen LogP contribution in [-0.2, 0) is 23.8 Å². The molecule has 4 atom stereocenters. The number of amides is 1. The summed E-state index contributed by atoms with van der Waals surface area (Å²) in [6.45, 7) is 5.12. The standard InChI is InChI=1S/C14H19NO6/c1-13(2)20-11-9(7-16)19-12(14(11,3)21-13)15-5-4-8(17)6-10(15)18/h4-5,9,11-12,16H,6-7H2,1-3H3/t9-,11-,12-,14-/m1/s1. The van der Waals surface area contributed by atoms with E-state index in [2.05, 4.69) is 0 Å². The van der Waals surface area contributed by atoms with E-state index >= 15 is 0 Å². The van der Waals surface area contributed by atoms with Crippen molar-refractivity contribution in [3.63, 3.8) is 0 Å². The molecule has 0 spiro atoms. The van der Waals surface area contributed by atoms with Crippen molar-refractivity contribution in [2.75, 3.05) is 6.61 Å². The summed E-state index contributed by atoms with van der Waals surface area (Å²) in [4.78, 5) is 24.7. The van der Waals surface area contributed by atoms with Gasteiger partial charge in [-0.3, -0.25) is 14.5 Å². The molecule has 0 radical (unpaired) electrons. The summed E-state index contributed by atoms with van der Waals surface area (Å²) in [6.07, 6.45) is 0.761. The summed E-state index contributed by atoms with van der Waals surface area (Å²) in [7, 11) is 0. The first-order valence-corrected chi connectivity index (χ1v) is 6.93. The fourth-order valence-electron chi connectivity index (χ4n) is 3.28. The van der Waals surface area contributed by atoms with Gasteiger partial charge in [0.2, 0.25) is 5.91 Å². The summed E-state index contributed by atoms with van der Waals surface area (Å²) in [5, 5.41) is 9.49. The molecule has 0 aromatic heterocycles. The van der Waals surface area contributed by atoms with Crippen LogP contribution in [0, 0.1) is 0 Å². The quantitative estimate of drug-likeness (QED) is 0.718. The largest absolute Gasteiger partial charge is 0.394 e. The number of aliphatic hydroxyl groups is 1. The Labute approximate surface area is 122 Å². The van der Waals surface area contributed by atoms with Gasteiger partial charge in [0.05, 0.1) is 13.0 Å². The molecular weight excluding hydrogens is 278 g/mol. The highest BCUT2D eigenvalue weighted by Crippen LogP contribution is 2.47. The molecule has 0 aliphatic carbocycles. The number of hydrogen-bond donors (Lipinski definition) is 1. The minimum absolute atomic E-state index is 0.189. The number of ether oxygens (including phenoxy) is 3. The first-order valence-electron chi connectivity index (χ1n) is 6.93. The maximum atomic E-state index is 12.1. The molecule has 3 heterocycles. The molecule has 3 rings (SSSR count). The lowest BCUT2D eigenvalue weighted by Crippen LogP contribution is -2.53. The number of nitrogens with zero attached hydrogens (tertiary/aromatic N) is 1. The van der Waals surface area contributed by atoms with Crippen molar-refractivity contribution in [1.29, 1.82) is 0 Å². The number of rotatable bonds is 2. The molecule has 2 fully saturated rings. The first kappa shape index (κ1) is 14.6. The van der Waals surface area contributed by atoms with E-state index in [1.807, 2.05) is 0 Å². The van der Waals surface area contributed by atoms with Gasteiger partial charge in [0.15, 0.2) is 17.8 Å². The average molecular weight is 297 g/mol. The Balaban J connectivity index is 1.94. The van der Waals surface area contributed by atoms with Crippen LogP contribution in [0.2, 0.25) is 0 Å². The van der Waals surface area contributed by atoms with Crippen molar-refractivity contribution < 1.29 is 28.9 Å². The van der Waals surface area contributed by atoms with Crippen LogP contribution in [0.25, 0.3) is 0 Å². The number of hydrogen-bond acceptors (Lipinski definition) is 6. The predicted octanol–water partition coefficient (Wildman–Crippen LogP) is -0.0711. The van der Waals surface area contributed by atoms with E-state index in [4.69, 9.17) is 14.2 Å². The Morgan fingerprint density at radius 2 is 2.10 bits per heavy atom. The van der Waals surface area contributed by atoms with E-state index in [0.717, 1.165) is 0 Å². The van der Waals surface area contributed by atoms with E-state index in [1.165, 1.54) is 17.2 Å². The molecule has 116 valence electrons. The smallest absolute Gasteiger partial charge is 0.236 e. The second kappa shape index (κ2) is 4.61. The summed E-state index contributed by atoms with van der Waals surface area (Å²) in [6, 6.07) is 0. The molecule has 21 heavy (non-hydrogen) atoms. The second-order valence-corrected chi connectivity index (χ2v) is 6.19. The van der Waals surface area contributed by atoms with Crippen molar-refractivity contribution in [1.82, 2.24) is 4.90 Å². The van der Waals surface area contributed by atoms with Crippen LogP contribution in [-0.4, -0.2) is 58.1 Å². The van der Waals surface area contributed by atoms with Crippen molar-refractivity contribution in [3.05, 3.63) is 12.3 Å². The molecule has 2 saturated heterocycles. The maximum Gasteiger partial charge on any atom is 0.236 e. The highest BCUT2D eigenvalue weighted by Gasteiger charge is 2.65. The summed E-state index contributed by atoms with van der Waals surface area (Å²) in [5.41, 5.74) is -0.905. The SMILES string of the molecule is CC1(C)O[C@@H]2[C@@H](CO)O[C@@H](N3C=CC(=O)CC3=O)[C@]2(C)O1. The van der Waals surface area contributed by atoms with Crippen LogP contribution in [0.4, 0.5) is 0 Å².